The molecule has 112 valence electrons. The van der Waals surface area contributed by atoms with Crippen molar-refractivity contribution in [1.29, 1.82) is 0 Å². The van der Waals surface area contributed by atoms with E-state index in [0.29, 0.717) is 12.1 Å². The molecule has 0 bridgehead atoms. The molecule has 1 aromatic heterocycles. The Balaban J connectivity index is 2.07. The third kappa shape index (κ3) is 6.41. The van der Waals surface area contributed by atoms with Crippen molar-refractivity contribution in [2.75, 3.05) is 24.1 Å². The molecule has 1 aromatic rings. The topological polar surface area (TPSA) is 80.0 Å². The van der Waals surface area contributed by atoms with E-state index in [1.807, 2.05) is 19.1 Å². The number of nitrogens with one attached hydrogen (secondary N) is 2. The number of rotatable bonds is 9. The molecular formula is C15H26N4O. The molecule has 20 heavy (non-hydrogen) atoms. The molecule has 1 rings (SSSR count). The van der Waals surface area contributed by atoms with Gasteiger partial charge in [0.2, 0.25) is 5.91 Å². The zero-order chi connectivity index (χ0) is 14.8. The molecule has 0 aromatic carbocycles. The van der Waals surface area contributed by atoms with Crippen molar-refractivity contribution in [3.8, 4) is 0 Å². The highest BCUT2D eigenvalue weighted by atomic mass is 16.1. The fourth-order valence-electron chi connectivity index (χ4n) is 1.79. The van der Waals surface area contributed by atoms with E-state index >= 15 is 0 Å². The van der Waals surface area contributed by atoms with E-state index in [-0.39, 0.29) is 5.91 Å². The second kappa shape index (κ2) is 9.18. The number of anilines is 2. The van der Waals surface area contributed by atoms with Crippen molar-refractivity contribution in [2.24, 2.45) is 0 Å². The fraction of sp³-hybridized carbons (Fsp3) is 0.600. The third-order valence-electron chi connectivity index (χ3n) is 3.12. The van der Waals surface area contributed by atoms with Crippen LogP contribution < -0.4 is 16.4 Å². The van der Waals surface area contributed by atoms with Crippen molar-refractivity contribution in [2.45, 2.75) is 46.0 Å². The number of hydrogen-bond acceptors (Lipinski definition) is 4. The Morgan fingerprint density at radius 1 is 1.25 bits per heavy atom. The minimum atomic E-state index is 0.163. The maximum atomic E-state index is 11.4. The summed E-state index contributed by atoms with van der Waals surface area (Å²) in [6.07, 6.45) is 4.64. The number of hydrogen-bond donors (Lipinski definition) is 3. The largest absolute Gasteiger partial charge is 0.397 e. The lowest BCUT2D eigenvalue weighted by Crippen LogP contribution is -2.24. The van der Waals surface area contributed by atoms with E-state index in [9.17, 15) is 4.79 Å². The first kappa shape index (κ1) is 16.3. The van der Waals surface area contributed by atoms with Crippen molar-refractivity contribution in [3.63, 3.8) is 0 Å². The van der Waals surface area contributed by atoms with Gasteiger partial charge in [0.25, 0.3) is 0 Å². The number of nitrogens with two attached hydrogens (primary N) is 1. The van der Waals surface area contributed by atoms with Crippen LogP contribution in [0, 0.1) is 6.92 Å². The standard InChI is InChI=1S/C15H26N4O/c1-3-4-7-15(20)18-11-6-5-10-17-14-9-8-13(16)12(2)19-14/h8-9H,3-7,10-11,16H2,1-2H3,(H,17,19)(H,18,20). The number of pyridine rings is 1. The van der Waals surface area contributed by atoms with Gasteiger partial charge < -0.3 is 16.4 Å². The van der Waals surface area contributed by atoms with E-state index in [1.54, 1.807) is 0 Å². The average molecular weight is 278 g/mol. The SMILES string of the molecule is CCCCC(=O)NCCCCNc1ccc(N)c(C)n1. The molecule has 5 nitrogen and oxygen atoms in total. The molecular weight excluding hydrogens is 252 g/mol. The zero-order valence-electron chi connectivity index (χ0n) is 12.5. The van der Waals surface area contributed by atoms with Crippen LogP contribution in [0.2, 0.25) is 0 Å². The normalized spacial score (nSPS) is 10.3. The summed E-state index contributed by atoms with van der Waals surface area (Å²) in [7, 11) is 0. The van der Waals surface area contributed by atoms with E-state index in [1.165, 1.54) is 0 Å². The summed E-state index contributed by atoms with van der Waals surface area (Å²) in [5.41, 5.74) is 7.27. The highest BCUT2D eigenvalue weighted by Gasteiger charge is 2.00. The van der Waals surface area contributed by atoms with Gasteiger partial charge in [0.1, 0.15) is 5.82 Å². The first-order valence-corrected chi connectivity index (χ1v) is 7.37. The van der Waals surface area contributed by atoms with Crippen molar-refractivity contribution in [3.05, 3.63) is 17.8 Å². The number of aryl methyl sites for hydroxylation is 1. The Labute approximate surface area is 121 Å². The van der Waals surface area contributed by atoms with E-state index in [4.69, 9.17) is 5.73 Å². The summed E-state index contributed by atoms with van der Waals surface area (Å²) in [4.78, 5) is 15.7. The van der Waals surface area contributed by atoms with Crippen LogP contribution in [0.4, 0.5) is 11.5 Å². The molecule has 1 heterocycles. The summed E-state index contributed by atoms with van der Waals surface area (Å²) < 4.78 is 0. The van der Waals surface area contributed by atoms with Gasteiger partial charge in [-0.25, -0.2) is 4.98 Å². The molecule has 5 heteroatoms. The Morgan fingerprint density at radius 3 is 2.70 bits per heavy atom. The van der Waals surface area contributed by atoms with Gasteiger partial charge in [-0.3, -0.25) is 4.79 Å². The van der Waals surface area contributed by atoms with Gasteiger partial charge in [-0.05, 0) is 38.3 Å². The smallest absolute Gasteiger partial charge is 0.219 e. The summed E-state index contributed by atoms with van der Waals surface area (Å²) in [5.74, 6) is 1.01. The summed E-state index contributed by atoms with van der Waals surface area (Å²) in [6.45, 7) is 5.58. The van der Waals surface area contributed by atoms with Crippen LogP contribution in [0.1, 0.15) is 44.7 Å². The van der Waals surface area contributed by atoms with Crippen LogP contribution in [0.3, 0.4) is 0 Å². The molecule has 0 saturated heterocycles. The molecule has 0 unspecified atom stereocenters. The molecule has 0 saturated carbocycles. The lowest BCUT2D eigenvalue weighted by Gasteiger charge is -2.08. The fourth-order valence-corrected chi connectivity index (χ4v) is 1.79. The number of carbonyl (C=O) groups is 1. The summed E-state index contributed by atoms with van der Waals surface area (Å²) >= 11 is 0. The molecule has 0 fully saturated rings. The van der Waals surface area contributed by atoms with Crippen molar-refractivity contribution in [1.82, 2.24) is 10.3 Å². The van der Waals surface area contributed by atoms with Crippen LogP contribution in [-0.2, 0) is 4.79 Å². The molecule has 0 radical (unpaired) electrons. The van der Waals surface area contributed by atoms with Gasteiger partial charge in [0, 0.05) is 19.5 Å². The minimum absolute atomic E-state index is 0.163. The first-order chi connectivity index (χ1) is 9.63. The quantitative estimate of drug-likeness (QED) is 0.606. The van der Waals surface area contributed by atoms with E-state index in [0.717, 1.165) is 50.3 Å². The van der Waals surface area contributed by atoms with Crippen LogP contribution >= 0.6 is 0 Å². The van der Waals surface area contributed by atoms with Gasteiger partial charge in [0.15, 0.2) is 0 Å². The second-order valence-corrected chi connectivity index (χ2v) is 4.96. The van der Waals surface area contributed by atoms with Crippen LogP contribution in [0.5, 0.6) is 0 Å². The molecule has 0 aliphatic carbocycles. The maximum absolute atomic E-state index is 11.4. The number of amides is 1. The van der Waals surface area contributed by atoms with Gasteiger partial charge >= 0.3 is 0 Å². The molecule has 0 spiro atoms. The number of nitrogens with zero attached hydrogens (tertiary/aromatic N) is 1. The molecule has 1 amide bonds. The Hall–Kier alpha value is -1.78. The highest BCUT2D eigenvalue weighted by molar-refractivity contribution is 5.75. The zero-order valence-corrected chi connectivity index (χ0v) is 12.5. The predicted octanol–water partition coefficient (Wildman–Crippen LogP) is 2.47. The molecule has 0 aliphatic rings. The minimum Gasteiger partial charge on any atom is -0.397 e. The molecule has 4 N–H and O–H groups in total. The van der Waals surface area contributed by atoms with Gasteiger partial charge in [0.05, 0.1) is 11.4 Å². The molecule has 0 aliphatic heterocycles. The van der Waals surface area contributed by atoms with Crippen LogP contribution in [0.15, 0.2) is 12.1 Å². The van der Waals surface area contributed by atoms with Gasteiger partial charge in [-0.15, -0.1) is 0 Å². The number of nitrogen functional groups attached to an aromatic ring is 1. The van der Waals surface area contributed by atoms with Crippen LogP contribution in [-0.4, -0.2) is 24.0 Å². The van der Waals surface area contributed by atoms with Gasteiger partial charge in [-0.2, -0.15) is 0 Å². The lowest BCUT2D eigenvalue weighted by atomic mass is 10.2. The van der Waals surface area contributed by atoms with E-state index in [2.05, 4.69) is 22.5 Å². The van der Waals surface area contributed by atoms with Crippen LogP contribution in [0.25, 0.3) is 0 Å². The number of carbonyl (C=O) groups excluding carboxylic acids is 1. The second-order valence-electron chi connectivity index (χ2n) is 4.96. The summed E-state index contributed by atoms with van der Waals surface area (Å²) in [5, 5.41) is 6.19. The number of unbranched alkanes of at least 4 members (excludes halogenated alkanes) is 2. The highest BCUT2D eigenvalue weighted by Crippen LogP contribution is 2.11. The lowest BCUT2D eigenvalue weighted by molar-refractivity contribution is -0.121. The first-order valence-electron chi connectivity index (χ1n) is 7.37. The van der Waals surface area contributed by atoms with E-state index < -0.39 is 0 Å². The summed E-state index contributed by atoms with van der Waals surface area (Å²) in [6, 6.07) is 3.74. The Kier molecular flexibility index (Phi) is 7.47. The monoisotopic (exact) mass is 278 g/mol. The average Bonchev–Trinajstić information content (AvgIpc) is 2.44. The molecule has 0 atom stereocenters. The Bertz CT molecular complexity index is 420. The predicted molar refractivity (Wildman–Crippen MR) is 83.6 cm³/mol. The maximum Gasteiger partial charge on any atom is 0.219 e. The third-order valence-corrected chi connectivity index (χ3v) is 3.12. The number of aromatic nitrogens is 1. The van der Waals surface area contributed by atoms with Crippen molar-refractivity contribution >= 4 is 17.4 Å². The van der Waals surface area contributed by atoms with Gasteiger partial charge in [-0.1, -0.05) is 13.3 Å². The van der Waals surface area contributed by atoms with Crippen molar-refractivity contribution < 1.29 is 4.79 Å². The Morgan fingerprint density at radius 2 is 2.00 bits per heavy atom.